The molecule has 5 heterocycles. The predicted octanol–water partition coefficient (Wildman–Crippen LogP) is 2.40. The van der Waals surface area contributed by atoms with Crippen molar-refractivity contribution in [1.82, 2.24) is 39.8 Å². The number of aromatic amines is 1. The van der Waals surface area contributed by atoms with Crippen LogP contribution in [0.15, 0.2) is 39.7 Å². The lowest BCUT2D eigenvalue weighted by Crippen LogP contribution is -2.41. The molecule has 0 spiro atoms. The van der Waals surface area contributed by atoms with E-state index >= 15 is 0 Å². The third kappa shape index (κ3) is 3.08. The van der Waals surface area contributed by atoms with E-state index in [1.165, 1.54) is 17.4 Å². The van der Waals surface area contributed by atoms with Crippen molar-refractivity contribution in [2.75, 3.05) is 6.54 Å². The molecule has 1 aromatic carbocycles. The maximum absolute atomic E-state index is 14.2. The van der Waals surface area contributed by atoms with E-state index in [9.17, 15) is 13.6 Å². The first kappa shape index (κ1) is 19.3. The summed E-state index contributed by atoms with van der Waals surface area (Å²) < 4.78 is 40.7. The van der Waals surface area contributed by atoms with Crippen LogP contribution in [0, 0.1) is 11.6 Å². The Balaban J connectivity index is 1.42. The van der Waals surface area contributed by atoms with Gasteiger partial charge in [0.25, 0.3) is 5.89 Å². The standard InChI is InChI=1S/C20H14F2N8O3/c1-29-7-9(6-25-29)17-27-28-19(33-17)20(31)30-3-2-12-14(24-8-23-12)15(30)18-26-13-5-10(21)4-11(22)16(13)32-18/h4-8,15H,2-3H2,1H3,(H,23,24)/t15-/m0/s1. The molecule has 0 unspecified atom stereocenters. The van der Waals surface area contributed by atoms with E-state index in [4.69, 9.17) is 8.83 Å². The highest BCUT2D eigenvalue weighted by Gasteiger charge is 2.40. The zero-order valence-corrected chi connectivity index (χ0v) is 17.0. The number of hydrogen-bond donors (Lipinski definition) is 1. The van der Waals surface area contributed by atoms with E-state index in [-0.39, 0.29) is 35.3 Å². The Kier molecular flexibility index (Phi) is 4.12. The Hall–Kier alpha value is -4.42. The van der Waals surface area contributed by atoms with Crippen LogP contribution in [0.2, 0.25) is 0 Å². The Morgan fingerprint density at radius 2 is 2.12 bits per heavy atom. The number of nitrogens with one attached hydrogen (secondary N) is 1. The summed E-state index contributed by atoms with van der Waals surface area (Å²) in [4.78, 5) is 26.4. The lowest BCUT2D eigenvalue weighted by Gasteiger charge is -2.31. The first-order chi connectivity index (χ1) is 16.0. The number of fused-ring (bicyclic) bond motifs is 2. The number of rotatable bonds is 3. The summed E-state index contributed by atoms with van der Waals surface area (Å²) in [5.74, 6) is -2.37. The number of amides is 1. The van der Waals surface area contributed by atoms with Crippen molar-refractivity contribution >= 4 is 17.0 Å². The van der Waals surface area contributed by atoms with Crippen LogP contribution in [0.3, 0.4) is 0 Å². The van der Waals surface area contributed by atoms with Gasteiger partial charge in [-0.3, -0.25) is 9.48 Å². The number of carbonyl (C=O) groups excluding carboxylic acids is 1. The molecule has 166 valence electrons. The molecule has 1 N–H and O–H groups in total. The van der Waals surface area contributed by atoms with Crippen molar-refractivity contribution in [3.8, 4) is 11.5 Å². The van der Waals surface area contributed by atoms with E-state index in [0.29, 0.717) is 23.7 Å². The smallest absolute Gasteiger partial charge is 0.312 e. The van der Waals surface area contributed by atoms with E-state index in [0.717, 1.165) is 11.8 Å². The molecule has 11 nitrogen and oxygen atoms in total. The van der Waals surface area contributed by atoms with Gasteiger partial charge in [0.15, 0.2) is 17.4 Å². The lowest BCUT2D eigenvalue weighted by atomic mass is 10.0. The summed E-state index contributed by atoms with van der Waals surface area (Å²) in [6.07, 6.45) is 5.17. The molecule has 13 heteroatoms. The first-order valence-electron chi connectivity index (χ1n) is 9.89. The van der Waals surface area contributed by atoms with Gasteiger partial charge in [0, 0.05) is 44.0 Å². The number of nitrogens with zero attached hydrogens (tertiary/aromatic N) is 7. The second-order valence-electron chi connectivity index (χ2n) is 7.52. The van der Waals surface area contributed by atoms with E-state index in [1.54, 1.807) is 17.9 Å². The van der Waals surface area contributed by atoms with Crippen LogP contribution in [0.4, 0.5) is 8.78 Å². The largest absolute Gasteiger partial charge is 0.435 e. The molecule has 6 rings (SSSR count). The van der Waals surface area contributed by atoms with Crippen molar-refractivity contribution in [1.29, 1.82) is 0 Å². The third-order valence-corrected chi connectivity index (χ3v) is 5.41. The van der Waals surface area contributed by atoms with Crippen LogP contribution in [0.1, 0.15) is 34.0 Å². The maximum atomic E-state index is 14.2. The van der Waals surface area contributed by atoms with Gasteiger partial charge >= 0.3 is 11.8 Å². The number of aromatic nitrogens is 7. The van der Waals surface area contributed by atoms with Crippen molar-refractivity contribution in [3.05, 3.63) is 65.7 Å². The Morgan fingerprint density at radius 3 is 2.94 bits per heavy atom. The summed E-state index contributed by atoms with van der Waals surface area (Å²) in [5.41, 5.74) is 1.60. The quantitative estimate of drug-likeness (QED) is 0.441. The van der Waals surface area contributed by atoms with Crippen LogP contribution in [0.5, 0.6) is 0 Å². The van der Waals surface area contributed by atoms with Gasteiger partial charge < -0.3 is 18.7 Å². The Morgan fingerprint density at radius 1 is 1.24 bits per heavy atom. The molecular weight excluding hydrogens is 438 g/mol. The van der Waals surface area contributed by atoms with Gasteiger partial charge in [-0.1, -0.05) is 0 Å². The van der Waals surface area contributed by atoms with E-state index in [2.05, 4.69) is 30.2 Å². The number of imidazole rings is 1. The minimum Gasteiger partial charge on any atom is -0.435 e. The molecule has 0 aliphatic carbocycles. The van der Waals surface area contributed by atoms with Gasteiger partial charge in [0.1, 0.15) is 11.3 Å². The lowest BCUT2D eigenvalue weighted by molar-refractivity contribution is 0.0627. The van der Waals surface area contributed by atoms with Crippen molar-refractivity contribution in [2.45, 2.75) is 12.5 Å². The van der Waals surface area contributed by atoms with Crippen LogP contribution >= 0.6 is 0 Å². The zero-order chi connectivity index (χ0) is 22.7. The highest BCUT2D eigenvalue weighted by Crippen LogP contribution is 2.36. The molecule has 4 aromatic heterocycles. The molecule has 5 aromatic rings. The minimum absolute atomic E-state index is 0.00536. The number of carbonyl (C=O) groups is 1. The van der Waals surface area contributed by atoms with E-state index in [1.807, 2.05) is 0 Å². The van der Waals surface area contributed by atoms with Crippen LogP contribution in [-0.4, -0.2) is 52.3 Å². The van der Waals surface area contributed by atoms with Gasteiger partial charge in [-0.05, 0) is 0 Å². The SMILES string of the molecule is Cn1cc(-c2nnc(C(=O)N3CCc4[nH]cnc4[C@H]3c3nc4cc(F)cc(F)c4o3)o2)cn1. The Labute approximate surface area is 183 Å². The summed E-state index contributed by atoms with van der Waals surface area (Å²) in [5, 5.41) is 11.9. The molecule has 1 amide bonds. The number of benzene rings is 1. The van der Waals surface area contributed by atoms with Gasteiger partial charge in [-0.15, -0.1) is 10.2 Å². The predicted molar refractivity (Wildman–Crippen MR) is 106 cm³/mol. The highest BCUT2D eigenvalue weighted by molar-refractivity contribution is 5.90. The van der Waals surface area contributed by atoms with Gasteiger partial charge in [-0.2, -0.15) is 5.10 Å². The maximum Gasteiger partial charge on any atom is 0.312 e. The average Bonchev–Trinajstić information content (AvgIpc) is 3.57. The van der Waals surface area contributed by atoms with Crippen LogP contribution in [0.25, 0.3) is 22.6 Å². The summed E-state index contributed by atoms with van der Waals surface area (Å²) in [6, 6.07) is 0.861. The molecule has 0 radical (unpaired) electrons. The number of hydrogen-bond acceptors (Lipinski definition) is 8. The number of halogens is 2. The molecule has 0 saturated carbocycles. The number of oxazole rings is 1. The zero-order valence-electron chi connectivity index (χ0n) is 17.0. The first-order valence-corrected chi connectivity index (χ1v) is 9.89. The minimum atomic E-state index is -0.906. The van der Waals surface area contributed by atoms with Crippen molar-refractivity contribution in [3.63, 3.8) is 0 Å². The van der Waals surface area contributed by atoms with Crippen LogP contribution < -0.4 is 0 Å². The van der Waals surface area contributed by atoms with Crippen molar-refractivity contribution in [2.24, 2.45) is 7.05 Å². The number of H-pyrrole nitrogens is 1. The topological polar surface area (TPSA) is 132 Å². The van der Waals surface area contributed by atoms with Gasteiger partial charge in [-0.25, -0.2) is 18.7 Å². The summed E-state index contributed by atoms with van der Waals surface area (Å²) in [7, 11) is 1.74. The van der Waals surface area contributed by atoms with Crippen LogP contribution in [-0.2, 0) is 13.5 Å². The average molecular weight is 452 g/mol. The van der Waals surface area contributed by atoms with Gasteiger partial charge in [0.05, 0.1) is 23.8 Å². The normalized spacial score (nSPS) is 15.8. The summed E-state index contributed by atoms with van der Waals surface area (Å²) >= 11 is 0. The third-order valence-electron chi connectivity index (χ3n) is 5.41. The highest BCUT2D eigenvalue weighted by atomic mass is 19.1. The molecule has 33 heavy (non-hydrogen) atoms. The second kappa shape index (κ2) is 7.05. The summed E-state index contributed by atoms with van der Waals surface area (Å²) in [6.45, 7) is 0.249. The molecule has 0 bridgehead atoms. The van der Waals surface area contributed by atoms with Gasteiger partial charge in [0.2, 0.25) is 5.89 Å². The molecule has 1 atom stereocenters. The second-order valence-corrected chi connectivity index (χ2v) is 7.52. The molecule has 1 aliphatic rings. The molecule has 1 aliphatic heterocycles. The fourth-order valence-electron chi connectivity index (χ4n) is 3.92. The fraction of sp³-hybridized carbons (Fsp3) is 0.200. The Bertz CT molecular complexity index is 1520. The molecular formula is C20H14F2N8O3. The van der Waals surface area contributed by atoms with E-state index < -0.39 is 23.6 Å². The van der Waals surface area contributed by atoms with Crippen molar-refractivity contribution < 1.29 is 22.4 Å². The monoisotopic (exact) mass is 452 g/mol. The fourth-order valence-corrected chi connectivity index (χ4v) is 3.92. The molecule has 0 saturated heterocycles. The number of aryl methyl sites for hydroxylation is 1. The molecule has 0 fully saturated rings.